The lowest BCUT2D eigenvalue weighted by Gasteiger charge is -2.35. The van der Waals surface area contributed by atoms with Crippen molar-refractivity contribution in [2.24, 2.45) is 5.73 Å². The van der Waals surface area contributed by atoms with E-state index in [0.717, 1.165) is 18.5 Å². The Labute approximate surface area is 119 Å². The van der Waals surface area contributed by atoms with E-state index >= 15 is 0 Å². The third-order valence-corrected chi connectivity index (χ3v) is 4.17. The molecule has 1 saturated heterocycles. The molecule has 104 valence electrons. The molecule has 2 rings (SSSR count). The highest BCUT2D eigenvalue weighted by Gasteiger charge is 2.21. The minimum atomic E-state index is -0.203. The minimum absolute atomic E-state index is 0.203. The van der Waals surface area contributed by atoms with Crippen molar-refractivity contribution in [3.05, 3.63) is 35.1 Å². The van der Waals surface area contributed by atoms with E-state index in [1.165, 1.54) is 25.3 Å². The van der Waals surface area contributed by atoms with Gasteiger partial charge in [0.2, 0.25) is 0 Å². The number of benzene rings is 1. The molecule has 0 radical (unpaired) electrons. The molecule has 0 saturated carbocycles. The van der Waals surface area contributed by atoms with Crippen molar-refractivity contribution in [1.82, 2.24) is 4.90 Å². The third-order valence-electron chi connectivity index (χ3n) is 3.93. The lowest BCUT2D eigenvalue weighted by Crippen LogP contribution is -2.38. The molecule has 2 N–H and O–H groups in total. The van der Waals surface area contributed by atoms with E-state index in [0.29, 0.717) is 18.2 Å². The summed E-state index contributed by atoms with van der Waals surface area (Å²) < 4.78 is 14.1. The molecule has 1 aromatic rings. The third kappa shape index (κ3) is 3.51. The number of piperidine rings is 1. The minimum Gasteiger partial charge on any atom is -0.389 e. The first kappa shape index (κ1) is 14.4. The maximum Gasteiger partial charge on any atom is 0.128 e. The SMILES string of the molecule is CCC1CCCCN1Cc1ccc(C(N)=S)cc1F. The maximum absolute atomic E-state index is 14.1. The number of nitrogens with two attached hydrogens (primary N) is 1. The Bertz CT molecular complexity index is 461. The summed E-state index contributed by atoms with van der Waals surface area (Å²) in [6, 6.07) is 5.66. The zero-order valence-electron chi connectivity index (χ0n) is 11.4. The number of hydrogen-bond donors (Lipinski definition) is 1. The molecule has 0 amide bonds. The molecule has 1 heterocycles. The van der Waals surface area contributed by atoms with Crippen molar-refractivity contribution >= 4 is 17.2 Å². The molecule has 1 atom stereocenters. The quantitative estimate of drug-likeness (QED) is 0.859. The van der Waals surface area contributed by atoms with Crippen LogP contribution in [0.1, 0.15) is 43.7 Å². The molecule has 0 spiro atoms. The highest BCUT2D eigenvalue weighted by Crippen LogP contribution is 2.23. The molecular formula is C15H21FN2S. The zero-order valence-corrected chi connectivity index (χ0v) is 12.2. The van der Waals surface area contributed by atoms with E-state index < -0.39 is 0 Å². The van der Waals surface area contributed by atoms with Crippen LogP contribution in [0, 0.1) is 5.82 Å². The second-order valence-corrected chi connectivity index (χ2v) is 5.64. The van der Waals surface area contributed by atoms with E-state index in [-0.39, 0.29) is 10.8 Å². The van der Waals surface area contributed by atoms with Gasteiger partial charge in [-0.1, -0.05) is 37.7 Å². The van der Waals surface area contributed by atoms with E-state index in [9.17, 15) is 4.39 Å². The van der Waals surface area contributed by atoms with Crippen LogP contribution in [0.15, 0.2) is 18.2 Å². The highest BCUT2D eigenvalue weighted by molar-refractivity contribution is 7.80. The molecule has 19 heavy (non-hydrogen) atoms. The molecule has 4 heteroatoms. The monoisotopic (exact) mass is 280 g/mol. The van der Waals surface area contributed by atoms with Crippen LogP contribution in [0.25, 0.3) is 0 Å². The van der Waals surface area contributed by atoms with Crippen LogP contribution in [0.3, 0.4) is 0 Å². The fourth-order valence-corrected chi connectivity index (χ4v) is 2.91. The summed E-state index contributed by atoms with van der Waals surface area (Å²) in [7, 11) is 0. The second kappa shape index (κ2) is 6.44. The van der Waals surface area contributed by atoms with Gasteiger partial charge in [0, 0.05) is 23.7 Å². The number of likely N-dealkylation sites (tertiary alicyclic amines) is 1. The predicted molar refractivity (Wildman–Crippen MR) is 80.6 cm³/mol. The standard InChI is InChI=1S/C15H21FN2S/c1-2-13-5-3-4-8-18(13)10-12-7-6-11(15(17)19)9-14(12)16/h6-7,9,13H,2-5,8,10H2,1H3,(H2,17,19). The number of halogens is 1. The Balaban J connectivity index is 2.11. The topological polar surface area (TPSA) is 29.3 Å². The largest absolute Gasteiger partial charge is 0.389 e. The molecule has 2 nitrogen and oxygen atoms in total. The first-order valence-electron chi connectivity index (χ1n) is 6.94. The Kier molecular flexibility index (Phi) is 4.88. The number of rotatable bonds is 4. The van der Waals surface area contributed by atoms with Gasteiger partial charge in [-0.3, -0.25) is 4.90 Å². The van der Waals surface area contributed by atoms with Crippen LogP contribution < -0.4 is 5.73 Å². The van der Waals surface area contributed by atoms with Gasteiger partial charge in [0.25, 0.3) is 0 Å². The lowest BCUT2D eigenvalue weighted by molar-refractivity contribution is 0.134. The van der Waals surface area contributed by atoms with Crippen molar-refractivity contribution < 1.29 is 4.39 Å². The average Bonchev–Trinajstić information content (AvgIpc) is 2.41. The Morgan fingerprint density at radius 1 is 1.47 bits per heavy atom. The lowest BCUT2D eigenvalue weighted by atomic mass is 9.99. The summed E-state index contributed by atoms with van der Waals surface area (Å²) in [5.41, 5.74) is 6.85. The van der Waals surface area contributed by atoms with Gasteiger partial charge in [-0.15, -0.1) is 0 Å². The summed E-state index contributed by atoms with van der Waals surface area (Å²) in [5.74, 6) is -0.203. The Morgan fingerprint density at radius 2 is 2.26 bits per heavy atom. The first-order valence-corrected chi connectivity index (χ1v) is 7.35. The maximum atomic E-state index is 14.1. The number of hydrogen-bond acceptors (Lipinski definition) is 2. The molecule has 1 aliphatic heterocycles. The molecule has 1 aliphatic rings. The van der Waals surface area contributed by atoms with Gasteiger partial charge in [0.05, 0.1) is 0 Å². The molecule has 0 bridgehead atoms. The van der Waals surface area contributed by atoms with E-state index in [4.69, 9.17) is 18.0 Å². The van der Waals surface area contributed by atoms with E-state index in [1.54, 1.807) is 0 Å². The molecular weight excluding hydrogens is 259 g/mol. The van der Waals surface area contributed by atoms with E-state index in [2.05, 4.69) is 11.8 Å². The van der Waals surface area contributed by atoms with Crippen molar-refractivity contribution in [2.75, 3.05) is 6.54 Å². The summed E-state index contributed by atoms with van der Waals surface area (Å²) in [6.07, 6.45) is 4.86. The van der Waals surface area contributed by atoms with Gasteiger partial charge in [-0.2, -0.15) is 0 Å². The van der Waals surface area contributed by atoms with Crippen LogP contribution in [0.5, 0.6) is 0 Å². The van der Waals surface area contributed by atoms with Crippen LogP contribution in [0.4, 0.5) is 4.39 Å². The number of nitrogens with zero attached hydrogens (tertiary/aromatic N) is 1. The number of thiocarbonyl (C=S) groups is 1. The fourth-order valence-electron chi connectivity index (χ4n) is 2.78. The van der Waals surface area contributed by atoms with Gasteiger partial charge in [0.1, 0.15) is 10.8 Å². The fraction of sp³-hybridized carbons (Fsp3) is 0.533. The van der Waals surface area contributed by atoms with Gasteiger partial charge in [-0.05, 0) is 31.9 Å². The van der Waals surface area contributed by atoms with Crippen molar-refractivity contribution in [1.29, 1.82) is 0 Å². The zero-order chi connectivity index (χ0) is 13.8. The normalized spacial score (nSPS) is 20.4. The average molecular weight is 280 g/mol. The Morgan fingerprint density at radius 3 is 2.89 bits per heavy atom. The first-order chi connectivity index (χ1) is 9.11. The van der Waals surface area contributed by atoms with Gasteiger partial charge in [0.15, 0.2) is 0 Å². The predicted octanol–water partition coefficient (Wildman–Crippen LogP) is 3.22. The molecule has 1 fully saturated rings. The smallest absolute Gasteiger partial charge is 0.128 e. The van der Waals surface area contributed by atoms with Crippen LogP contribution in [-0.2, 0) is 6.54 Å². The second-order valence-electron chi connectivity index (χ2n) is 5.20. The molecule has 1 unspecified atom stereocenters. The van der Waals surface area contributed by atoms with Gasteiger partial charge >= 0.3 is 0 Å². The van der Waals surface area contributed by atoms with Crippen LogP contribution in [-0.4, -0.2) is 22.5 Å². The summed E-state index contributed by atoms with van der Waals surface area (Å²) >= 11 is 4.86. The molecule has 0 aromatic heterocycles. The highest BCUT2D eigenvalue weighted by atomic mass is 32.1. The summed E-state index contributed by atoms with van der Waals surface area (Å²) in [5, 5.41) is 0. The molecule has 1 aromatic carbocycles. The van der Waals surface area contributed by atoms with E-state index in [1.807, 2.05) is 12.1 Å². The Hall–Kier alpha value is -1.00. The summed E-state index contributed by atoms with van der Waals surface area (Å²) in [6.45, 7) is 3.95. The van der Waals surface area contributed by atoms with Crippen molar-refractivity contribution in [3.8, 4) is 0 Å². The van der Waals surface area contributed by atoms with Crippen molar-refractivity contribution in [2.45, 2.75) is 45.2 Å². The van der Waals surface area contributed by atoms with Gasteiger partial charge < -0.3 is 5.73 Å². The molecule has 0 aliphatic carbocycles. The summed E-state index contributed by atoms with van der Waals surface area (Å²) in [4.78, 5) is 2.64. The van der Waals surface area contributed by atoms with Gasteiger partial charge in [-0.25, -0.2) is 4.39 Å². The van der Waals surface area contributed by atoms with Crippen LogP contribution in [0.2, 0.25) is 0 Å². The van der Waals surface area contributed by atoms with Crippen molar-refractivity contribution in [3.63, 3.8) is 0 Å². The van der Waals surface area contributed by atoms with Crippen LogP contribution >= 0.6 is 12.2 Å².